The molecule has 1 heterocycles. The van der Waals surface area contributed by atoms with Crippen LogP contribution in [-0.2, 0) is 11.2 Å². The minimum atomic E-state index is 0.0170. The lowest BCUT2D eigenvalue weighted by Crippen LogP contribution is -2.29. The van der Waals surface area contributed by atoms with Crippen LogP contribution in [0.1, 0.15) is 37.4 Å². The van der Waals surface area contributed by atoms with Crippen molar-refractivity contribution in [3.8, 4) is 0 Å². The van der Waals surface area contributed by atoms with Gasteiger partial charge < -0.3 is 10.5 Å². The van der Waals surface area contributed by atoms with Crippen LogP contribution in [0.15, 0.2) is 24.3 Å². The van der Waals surface area contributed by atoms with E-state index in [-0.39, 0.29) is 12.1 Å². The van der Waals surface area contributed by atoms with E-state index in [0.29, 0.717) is 5.92 Å². The van der Waals surface area contributed by atoms with E-state index in [9.17, 15) is 0 Å². The normalized spacial score (nSPS) is 26.9. The second kappa shape index (κ2) is 4.98. The number of hydrogen-bond donors (Lipinski definition) is 1. The molecule has 88 valence electrons. The number of ether oxygens (including phenoxy) is 1. The maximum atomic E-state index is 6.26. The highest BCUT2D eigenvalue weighted by Gasteiger charge is 2.30. The molecule has 1 fully saturated rings. The molecule has 2 heteroatoms. The van der Waals surface area contributed by atoms with Crippen molar-refractivity contribution in [2.75, 3.05) is 6.61 Å². The number of aryl methyl sites for hydroxylation is 1. The van der Waals surface area contributed by atoms with Gasteiger partial charge in [-0.15, -0.1) is 0 Å². The minimum Gasteiger partial charge on any atom is -0.376 e. The van der Waals surface area contributed by atoms with Crippen molar-refractivity contribution in [3.63, 3.8) is 0 Å². The predicted molar refractivity (Wildman–Crippen MR) is 66.3 cm³/mol. The summed E-state index contributed by atoms with van der Waals surface area (Å²) in [7, 11) is 0. The van der Waals surface area contributed by atoms with E-state index >= 15 is 0 Å². The van der Waals surface area contributed by atoms with Crippen LogP contribution in [0, 0.1) is 5.92 Å². The van der Waals surface area contributed by atoms with Crippen molar-refractivity contribution in [2.45, 2.75) is 38.8 Å². The second-order valence-corrected chi connectivity index (χ2v) is 4.72. The fourth-order valence-electron chi connectivity index (χ4n) is 2.34. The van der Waals surface area contributed by atoms with Crippen molar-refractivity contribution in [1.29, 1.82) is 0 Å². The number of benzene rings is 1. The van der Waals surface area contributed by atoms with Crippen molar-refractivity contribution >= 4 is 0 Å². The minimum absolute atomic E-state index is 0.0170. The summed E-state index contributed by atoms with van der Waals surface area (Å²) in [6.45, 7) is 5.24. The molecule has 0 spiro atoms. The van der Waals surface area contributed by atoms with Crippen molar-refractivity contribution in [1.82, 2.24) is 0 Å². The monoisotopic (exact) mass is 219 g/mol. The molecule has 3 unspecified atom stereocenters. The highest BCUT2D eigenvalue weighted by Crippen LogP contribution is 2.29. The molecule has 0 amide bonds. The molecule has 1 saturated heterocycles. The highest BCUT2D eigenvalue weighted by atomic mass is 16.5. The van der Waals surface area contributed by atoms with E-state index in [1.165, 1.54) is 11.1 Å². The van der Waals surface area contributed by atoms with Gasteiger partial charge in [0, 0.05) is 6.61 Å². The molecule has 0 radical (unpaired) electrons. The Hall–Kier alpha value is -0.860. The summed E-state index contributed by atoms with van der Waals surface area (Å²) >= 11 is 0. The van der Waals surface area contributed by atoms with Gasteiger partial charge in [0.2, 0.25) is 0 Å². The van der Waals surface area contributed by atoms with Gasteiger partial charge in [-0.25, -0.2) is 0 Å². The summed E-state index contributed by atoms with van der Waals surface area (Å²) in [5, 5.41) is 0. The van der Waals surface area contributed by atoms with Gasteiger partial charge in [0.15, 0.2) is 0 Å². The van der Waals surface area contributed by atoms with Crippen LogP contribution >= 0.6 is 0 Å². The number of rotatable bonds is 3. The van der Waals surface area contributed by atoms with Crippen molar-refractivity contribution in [3.05, 3.63) is 35.4 Å². The quantitative estimate of drug-likeness (QED) is 0.848. The summed E-state index contributed by atoms with van der Waals surface area (Å²) in [6.07, 6.45) is 2.39. The van der Waals surface area contributed by atoms with Gasteiger partial charge in [-0.1, -0.05) is 38.1 Å². The Labute approximate surface area is 97.8 Å². The predicted octanol–water partition coefficient (Wildman–Crippen LogP) is 2.67. The van der Waals surface area contributed by atoms with E-state index in [2.05, 4.69) is 38.1 Å². The lowest BCUT2D eigenvalue weighted by Gasteiger charge is -2.22. The molecule has 2 nitrogen and oxygen atoms in total. The Bertz CT molecular complexity index is 333. The van der Waals surface area contributed by atoms with Gasteiger partial charge in [0.25, 0.3) is 0 Å². The topological polar surface area (TPSA) is 35.2 Å². The molecule has 3 atom stereocenters. The van der Waals surface area contributed by atoms with Crippen LogP contribution in [0.3, 0.4) is 0 Å². The van der Waals surface area contributed by atoms with Crippen LogP contribution in [0.25, 0.3) is 0 Å². The van der Waals surface area contributed by atoms with Gasteiger partial charge in [0.1, 0.15) is 0 Å². The maximum absolute atomic E-state index is 6.26. The third-order valence-electron chi connectivity index (χ3n) is 3.57. The smallest absolute Gasteiger partial charge is 0.0793 e. The van der Waals surface area contributed by atoms with Gasteiger partial charge >= 0.3 is 0 Å². The first-order chi connectivity index (χ1) is 7.72. The van der Waals surface area contributed by atoms with E-state index in [4.69, 9.17) is 10.5 Å². The Morgan fingerprint density at radius 1 is 1.38 bits per heavy atom. The molecule has 2 rings (SSSR count). The first-order valence-corrected chi connectivity index (χ1v) is 6.18. The molecule has 0 aromatic heterocycles. The lowest BCUT2D eigenvalue weighted by atomic mass is 9.92. The number of nitrogens with two attached hydrogens (primary N) is 1. The first-order valence-electron chi connectivity index (χ1n) is 6.18. The lowest BCUT2D eigenvalue weighted by molar-refractivity contribution is 0.0725. The first kappa shape index (κ1) is 11.6. The van der Waals surface area contributed by atoms with E-state index < -0.39 is 0 Å². The number of hydrogen-bond acceptors (Lipinski definition) is 2. The Kier molecular flexibility index (Phi) is 3.62. The molecule has 16 heavy (non-hydrogen) atoms. The molecule has 1 aliphatic rings. The van der Waals surface area contributed by atoms with E-state index in [0.717, 1.165) is 19.4 Å². The van der Waals surface area contributed by atoms with Gasteiger partial charge in [0.05, 0.1) is 12.1 Å². The fraction of sp³-hybridized carbons (Fsp3) is 0.571. The summed E-state index contributed by atoms with van der Waals surface area (Å²) in [5.74, 6) is 0.570. The van der Waals surface area contributed by atoms with E-state index in [1.807, 2.05) is 0 Å². The standard InChI is InChI=1S/C14H21NO/c1-3-11-4-6-12(7-5-11)13(15)14-10(2)8-9-16-14/h4-7,10,13-14H,3,8-9,15H2,1-2H3. The van der Waals surface area contributed by atoms with Gasteiger partial charge in [-0.05, 0) is 29.9 Å². The highest BCUT2D eigenvalue weighted by molar-refractivity contribution is 5.25. The van der Waals surface area contributed by atoms with Crippen LogP contribution in [-0.4, -0.2) is 12.7 Å². The Balaban J connectivity index is 2.10. The van der Waals surface area contributed by atoms with Crippen molar-refractivity contribution in [2.24, 2.45) is 11.7 Å². The molecule has 0 aliphatic carbocycles. The van der Waals surface area contributed by atoms with Crippen LogP contribution < -0.4 is 5.73 Å². The average molecular weight is 219 g/mol. The molecule has 1 aliphatic heterocycles. The van der Waals surface area contributed by atoms with Crippen LogP contribution in [0.5, 0.6) is 0 Å². The zero-order chi connectivity index (χ0) is 11.5. The molecule has 1 aromatic rings. The molecule has 0 saturated carbocycles. The second-order valence-electron chi connectivity index (χ2n) is 4.72. The third-order valence-corrected chi connectivity index (χ3v) is 3.57. The van der Waals surface area contributed by atoms with Gasteiger partial charge in [-0.2, -0.15) is 0 Å². The summed E-state index contributed by atoms with van der Waals surface area (Å²) < 4.78 is 5.71. The molecular weight excluding hydrogens is 198 g/mol. The van der Waals surface area contributed by atoms with E-state index in [1.54, 1.807) is 0 Å². The average Bonchev–Trinajstić information content (AvgIpc) is 2.75. The van der Waals surface area contributed by atoms with Gasteiger partial charge in [-0.3, -0.25) is 0 Å². The zero-order valence-corrected chi connectivity index (χ0v) is 10.1. The molecule has 0 bridgehead atoms. The fourth-order valence-corrected chi connectivity index (χ4v) is 2.34. The Morgan fingerprint density at radius 3 is 2.56 bits per heavy atom. The Morgan fingerprint density at radius 2 is 2.06 bits per heavy atom. The van der Waals surface area contributed by atoms with Crippen LogP contribution in [0.2, 0.25) is 0 Å². The summed E-state index contributed by atoms with van der Waals surface area (Å²) in [6, 6.07) is 8.61. The summed E-state index contributed by atoms with van der Waals surface area (Å²) in [4.78, 5) is 0. The zero-order valence-electron chi connectivity index (χ0n) is 10.1. The largest absolute Gasteiger partial charge is 0.376 e. The molecule has 1 aromatic carbocycles. The molecular formula is C14H21NO. The third kappa shape index (κ3) is 2.28. The maximum Gasteiger partial charge on any atom is 0.0793 e. The molecule has 2 N–H and O–H groups in total. The van der Waals surface area contributed by atoms with Crippen molar-refractivity contribution < 1.29 is 4.74 Å². The summed E-state index contributed by atoms with van der Waals surface area (Å²) in [5.41, 5.74) is 8.81. The SMILES string of the molecule is CCc1ccc(C(N)C2OCCC2C)cc1. The van der Waals surface area contributed by atoms with Crippen LogP contribution in [0.4, 0.5) is 0 Å².